The monoisotopic (exact) mass is 304 g/mol. The van der Waals surface area contributed by atoms with Crippen LogP contribution in [0.15, 0.2) is 23.0 Å². The molecule has 2 N–H and O–H groups in total. The molecule has 22 heavy (non-hydrogen) atoms. The topological polar surface area (TPSA) is 61.0 Å². The lowest BCUT2D eigenvalue weighted by Crippen LogP contribution is -2.45. The highest BCUT2D eigenvalue weighted by Crippen LogP contribution is 2.24. The molecule has 6 heteroatoms. The average Bonchev–Trinajstić information content (AvgIpc) is 2.47. The van der Waals surface area contributed by atoms with Crippen molar-refractivity contribution in [1.29, 1.82) is 0 Å². The van der Waals surface area contributed by atoms with Crippen molar-refractivity contribution >= 4 is 16.9 Å². The van der Waals surface area contributed by atoms with Crippen molar-refractivity contribution in [3.8, 4) is 0 Å². The van der Waals surface area contributed by atoms with Crippen LogP contribution in [-0.4, -0.2) is 41.0 Å². The van der Waals surface area contributed by atoms with Crippen molar-refractivity contribution in [2.45, 2.75) is 37.8 Å². The Bertz CT molecular complexity index is 728. The Labute approximate surface area is 128 Å². The number of fused-ring (bicyclic) bond motifs is 1. The van der Waals surface area contributed by atoms with Gasteiger partial charge in [-0.3, -0.25) is 9.78 Å². The minimum atomic E-state index is -0.540. The van der Waals surface area contributed by atoms with Crippen LogP contribution in [0.4, 0.5) is 10.3 Å². The molecular formula is C16H21FN4O. The van der Waals surface area contributed by atoms with Gasteiger partial charge in [-0.15, -0.1) is 0 Å². The largest absolute Gasteiger partial charge is 0.351 e. The number of benzene rings is 1. The number of halogens is 1. The molecule has 0 saturated heterocycles. The van der Waals surface area contributed by atoms with E-state index in [4.69, 9.17) is 0 Å². The first-order valence-corrected chi connectivity index (χ1v) is 7.68. The first-order valence-electron chi connectivity index (χ1n) is 7.68. The summed E-state index contributed by atoms with van der Waals surface area (Å²) in [6.45, 7) is 0. The van der Waals surface area contributed by atoms with Gasteiger partial charge in [-0.25, -0.2) is 9.37 Å². The fourth-order valence-electron chi connectivity index (χ4n) is 3.29. The third-order valence-electron chi connectivity index (χ3n) is 4.40. The van der Waals surface area contributed by atoms with Crippen LogP contribution in [0.5, 0.6) is 0 Å². The Balaban J connectivity index is 1.92. The Kier molecular flexibility index (Phi) is 4.11. The van der Waals surface area contributed by atoms with E-state index in [0.29, 0.717) is 17.5 Å². The molecule has 1 aliphatic carbocycles. The second-order valence-corrected chi connectivity index (χ2v) is 6.11. The molecule has 1 fully saturated rings. The van der Waals surface area contributed by atoms with Gasteiger partial charge in [0.2, 0.25) is 5.95 Å². The number of aromatic nitrogens is 2. The molecule has 1 aromatic carbocycles. The molecule has 0 unspecified atom stereocenters. The second-order valence-electron chi connectivity index (χ2n) is 6.11. The molecule has 1 aromatic heterocycles. The number of likely N-dealkylation sites (N-methyl/N-ethyl adjacent to an activating group) is 1. The van der Waals surface area contributed by atoms with Gasteiger partial charge in [-0.1, -0.05) is 18.9 Å². The first kappa shape index (κ1) is 15.0. The number of nitrogens with one attached hydrogen (secondary N) is 2. The summed E-state index contributed by atoms with van der Waals surface area (Å²) in [7, 11) is 4.13. The van der Waals surface area contributed by atoms with Crippen molar-refractivity contribution in [1.82, 2.24) is 14.9 Å². The number of hydrogen-bond donors (Lipinski definition) is 2. The molecule has 1 saturated carbocycles. The summed E-state index contributed by atoms with van der Waals surface area (Å²) in [6.07, 6.45) is 4.53. The van der Waals surface area contributed by atoms with E-state index in [0.717, 1.165) is 19.3 Å². The zero-order valence-electron chi connectivity index (χ0n) is 12.9. The zero-order chi connectivity index (χ0) is 15.7. The Morgan fingerprint density at radius 1 is 1.32 bits per heavy atom. The van der Waals surface area contributed by atoms with E-state index in [2.05, 4.69) is 34.3 Å². The van der Waals surface area contributed by atoms with Crippen LogP contribution in [0.25, 0.3) is 10.9 Å². The second kappa shape index (κ2) is 6.04. The van der Waals surface area contributed by atoms with Crippen LogP contribution >= 0.6 is 0 Å². The molecule has 0 bridgehead atoms. The fraction of sp³-hybridized carbons (Fsp3) is 0.500. The van der Waals surface area contributed by atoms with Gasteiger partial charge in [-0.2, -0.15) is 0 Å². The molecule has 3 rings (SSSR count). The summed E-state index contributed by atoms with van der Waals surface area (Å²) in [6, 6.07) is 5.13. The molecule has 5 nitrogen and oxygen atoms in total. The molecule has 0 amide bonds. The SMILES string of the molecule is CN(C)[C@@H]1CCCC[C@H]1Nc1nc2cccc(F)c2c(=O)[nH]1. The van der Waals surface area contributed by atoms with Gasteiger partial charge in [-0.05, 0) is 39.1 Å². The van der Waals surface area contributed by atoms with Crippen LogP contribution < -0.4 is 10.9 Å². The maximum Gasteiger partial charge on any atom is 0.263 e. The number of anilines is 1. The van der Waals surface area contributed by atoms with Crippen LogP contribution in [0.2, 0.25) is 0 Å². The average molecular weight is 304 g/mol. The number of nitrogens with zero attached hydrogens (tertiary/aromatic N) is 2. The highest BCUT2D eigenvalue weighted by molar-refractivity contribution is 5.79. The first-order chi connectivity index (χ1) is 10.6. The van der Waals surface area contributed by atoms with E-state index in [-0.39, 0.29) is 11.4 Å². The summed E-state index contributed by atoms with van der Waals surface area (Å²) >= 11 is 0. The van der Waals surface area contributed by atoms with Crippen molar-refractivity contribution in [3.63, 3.8) is 0 Å². The van der Waals surface area contributed by atoms with Crippen molar-refractivity contribution in [2.24, 2.45) is 0 Å². The molecule has 0 aliphatic heterocycles. The van der Waals surface area contributed by atoms with E-state index in [9.17, 15) is 9.18 Å². The summed E-state index contributed by atoms with van der Waals surface area (Å²) < 4.78 is 13.7. The Hall–Kier alpha value is -1.95. The molecule has 118 valence electrons. The van der Waals surface area contributed by atoms with Gasteiger partial charge in [0.15, 0.2) is 0 Å². The van der Waals surface area contributed by atoms with Gasteiger partial charge in [0, 0.05) is 12.1 Å². The van der Waals surface area contributed by atoms with E-state index in [1.54, 1.807) is 12.1 Å². The molecule has 1 aliphatic rings. The lowest BCUT2D eigenvalue weighted by molar-refractivity contribution is 0.211. The predicted molar refractivity (Wildman–Crippen MR) is 85.7 cm³/mol. The quantitative estimate of drug-likeness (QED) is 0.914. The van der Waals surface area contributed by atoms with Crippen molar-refractivity contribution < 1.29 is 4.39 Å². The number of hydrogen-bond acceptors (Lipinski definition) is 4. The van der Waals surface area contributed by atoms with Gasteiger partial charge in [0.25, 0.3) is 5.56 Å². The number of aromatic amines is 1. The highest BCUT2D eigenvalue weighted by Gasteiger charge is 2.27. The Morgan fingerprint density at radius 3 is 2.86 bits per heavy atom. The van der Waals surface area contributed by atoms with E-state index < -0.39 is 11.4 Å². The maximum atomic E-state index is 13.7. The molecule has 0 spiro atoms. The minimum Gasteiger partial charge on any atom is -0.351 e. The van der Waals surface area contributed by atoms with Gasteiger partial charge in [0.05, 0.1) is 5.52 Å². The summed E-state index contributed by atoms with van der Waals surface area (Å²) in [4.78, 5) is 21.3. The molecule has 2 aromatic rings. The third-order valence-corrected chi connectivity index (χ3v) is 4.40. The lowest BCUT2D eigenvalue weighted by Gasteiger charge is -2.36. The molecule has 2 atom stereocenters. The van der Waals surface area contributed by atoms with Crippen LogP contribution in [-0.2, 0) is 0 Å². The molecule has 1 heterocycles. The summed E-state index contributed by atoms with van der Waals surface area (Å²) in [5.74, 6) is -0.122. The van der Waals surface area contributed by atoms with E-state index >= 15 is 0 Å². The maximum absolute atomic E-state index is 13.7. The van der Waals surface area contributed by atoms with Crippen LogP contribution in [0, 0.1) is 5.82 Å². The fourth-order valence-corrected chi connectivity index (χ4v) is 3.29. The van der Waals surface area contributed by atoms with Crippen LogP contribution in [0.3, 0.4) is 0 Å². The Morgan fingerprint density at radius 2 is 2.09 bits per heavy atom. The highest BCUT2D eigenvalue weighted by atomic mass is 19.1. The third kappa shape index (κ3) is 2.83. The molecule has 0 radical (unpaired) electrons. The van der Waals surface area contributed by atoms with Gasteiger partial charge >= 0.3 is 0 Å². The summed E-state index contributed by atoms with van der Waals surface area (Å²) in [5.41, 5.74) is -0.0636. The summed E-state index contributed by atoms with van der Waals surface area (Å²) in [5, 5.41) is 3.35. The molecular weight excluding hydrogens is 283 g/mol. The van der Waals surface area contributed by atoms with Gasteiger partial charge < -0.3 is 10.2 Å². The standard InChI is InChI=1S/C16H21FN4O/c1-21(2)13-9-4-3-7-11(13)18-16-19-12-8-5-6-10(17)14(12)15(22)20-16/h5-6,8,11,13H,3-4,7,9H2,1-2H3,(H2,18,19,20,22)/t11-,13-/m1/s1. The normalized spacial score (nSPS) is 22.2. The smallest absolute Gasteiger partial charge is 0.263 e. The van der Waals surface area contributed by atoms with Gasteiger partial charge in [0.1, 0.15) is 11.2 Å². The predicted octanol–water partition coefficient (Wildman–Crippen LogP) is 2.35. The van der Waals surface area contributed by atoms with E-state index in [1.165, 1.54) is 12.5 Å². The minimum absolute atomic E-state index is 0.0147. The van der Waals surface area contributed by atoms with Crippen molar-refractivity contribution in [2.75, 3.05) is 19.4 Å². The van der Waals surface area contributed by atoms with E-state index in [1.807, 2.05) is 0 Å². The van der Waals surface area contributed by atoms with Crippen molar-refractivity contribution in [3.05, 3.63) is 34.4 Å². The number of H-pyrrole nitrogens is 1. The number of rotatable bonds is 3. The lowest BCUT2D eigenvalue weighted by atomic mass is 9.89. The zero-order valence-corrected chi connectivity index (χ0v) is 12.9. The van der Waals surface area contributed by atoms with Crippen LogP contribution in [0.1, 0.15) is 25.7 Å².